The summed E-state index contributed by atoms with van der Waals surface area (Å²) in [7, 11) is 0. The van der Waals surface area contributed by atoms with Crippen molar-refractivity contribution < 1.29 is 4.74 Å². The summed E-state index contributed by atoms with van der Waals surface area (Å²) in [6.45, 7) is 2.08. The van der Waals surface area contributed by atoms with Gasteiger partial charge in [-0.1, -0.05) is 37.8 Å². The van der Waals surface area contributed by atoms with E-state index < -0.39 is 0 Å². The minimum absolute atomic E-state index is 0.560. The van der Waals surface area contributed by atoms with Crippen LogP contribution in [-0.4, -0.2) is 19.2 Å². The third-order valence-corrected chi connectivity index (χ3v) is 3.74. The van der Waals surface area contributed by atoms with E-state index in [1.165, 1.54) is 44.1 Å². The fourth-order valence-corrected chi connectivity index (χ4v) is 2.67. The predicted molar refractivity (Wildman–Crippen MR) is 79.3 cm³/mol. The Bertz CT molecular complexity index is 360. The molecule has 1 aliphatic carbocycles. The molecule has 1 aliphatic rings. The number of ether oxygens (including phenoxy) is 1. The van der Waals surface area contributed by atoms with Crippen molar-refractivity contribution in [1.29, 1.82) is 0 Å². The van der Waals surface area contributed by atoms with Gasteiger partial charge in [-0.3, -0.25) is 0 Å². The SMILES string of the molecule is NCCOc1cccc(CNC2CCCCCC2)c1. The smallest absolute Gasteiger partial charge is 0.119 e. The maximum Gasteiger partial charge on any atom is 0.119 e. The molecule has 0 spiro atoms. The van der Waals surface area contributed by atoms with E-state index in [0.717, 1.165) is 12.3 Å². The van der Waals surface area contributed by atoms with Gasteiger partial charge in [-0.2, -0.15) is 0 Å². The zero-order valence-electron chi connectivity index (χ0n) is 11.7. The average Bonchev–Trinajstić information content (AvgIpc) is 2.72. The van der Waals surface area contributed by atoms with Crippen molar-refractivity contribution in [3.05, 3.63) is 29.8 Å². The van der Waals surface area contributed by atoms with Crippen LogP contribution >= 0.6 is 0 Å². The van der Waals surface area contributed by atoms with Crippen molar-refractivity contribution in [1.82, 2.24) is 5.32 Å². The second kappa shape index (κ2) is 8.18. The van der Waals surface area contributed by atoms with Crippen molar-refractivity contribution in [2.45, 2.75) is 51.1 Å². The van der Waals surface area contributed by atoms with Crippen LogP contribution in [0.25, 0.3) is 0 Å². The van der Waals surface area contributed by atoms with Gasteiger partial charge >= 0.3 is 0 Å². The maximum atomic E-state index is 5.55. The van der Waals surface area contributed by atoms with E-state index in [9.17, 15) is 0 Å². The van der Waals surface area contributed by atoms with Crippen LogP contribution in [0.1, 0.15) is 44.1 Å². The molecule has 0 saturated heterocycles. The van der Waals surface area contributed by atoms with Crippen LogP contribution in [-0.2, 0) is 6.54 Å². The lowest BCUT2D eigenvalue weighted by Gasteiger charge is -2.16. The van der Waals surface area contributed by atoms with Crippen LogP contribution in [0, 0.1) is 0 Å². The molecule has 0 bridgehead atoms. The van der Waals surface area contributed by atoms with E-state index in [-0.39, 0.29) is 0 Å². The van der Waals surface area contributed by atoms with Crippen molar-refractivity contribution in [3.63, 3.8) is 0 Å². The molecule has 3 nitrogen and oxygen atoms in total. The van der Waals surface area contributed by atoms with Gasteiger partial charge in [0.1, 0.15) is 12.4 Å². The summed E-state index contributed by atoms with van der Waals surface area (Å²) in [4.78, 5) is 0. The second-order valence-electron chi connectivity index (χ2n) is 5.35. The summed E-state index contributed by atoms with van der Waals surface area (Å²) in [5, 5.41) is 3.68. The van der Waals surface area contributed by atoms with Crippen LogP contribution < -0.4 is 15.8 Å². The Morgan fingerprint density at radius 3 is 2.68 bits per heavy atom. The maximum absolute atomic E-state index is 5.55. The number of nitrogens with two attached hydrogens (primary N) is 1. The highest BCUT2D eigenvalue weighted by Crippen LogP contribution is 2.18. The molecule has 1 aromatic rings. The summed E-state index contributed by atoms with van der Waals surface area (Å²) in [6, 6.07) is 9.00. The summed E-state index contributed by atoms with van der Waals surface area (Å²) in [5.74, 6) is 0.922. The van der Waals surface area contributed by atoms with Crippen LogP contribution in [0.3, 0.4) is 0 Å². The molecule has 19 heavy (non-hydrogen) atoms. The monoisotopic (exact) mass is 262 g/mol. The first-order valence-electron chi connectivity index (χ1n) is 7.53. The van der Waals surface area contributed by atoms with Crippen LogP contribution in [0.4, 0.5) is 0 Å². The molecule has 2 rings (SSSR count). The fourth-order valence-electron chi connectivity index (χ4n) is 2.67. The Morgan fingerprint density at radius 1 is 1.16 bits per heavy atom. The molecule has 3 heteroatoms. The number of benzene rings is 1. The highest BCUT2D eigenvalue weighted by molar-refractivity contribution is 5.28. The zero-order chi connectivity index (χ0) is 13.3. The fraction of sp³-hybridized carbons (Fsp3) is 0.625. The molecule has 1 saturated carbocycles. The third kappa shape index (κ3) is 5.21. The van der Waals surface area contributed by atoms with Gasteiger partial charge in [-0.05, 0) is 30.5 Å². The van der Waals surface area contributed by atoms with E-state index in [4.69, 9.17) is 10.5 Å². The van der Waals surface area contributed by atoms with E-state index in [0.29, 0.717) is 19.2 Å². The summed E-state index contributed by atoms with van der Waals surface area (Å²) < 4.78 is 5.55. The van der Waals surface area contributed by atoms with Crippen molar-refractivity contribution in [2.75, 3.05) is 13.2 Å². The molecule has 0 unspecified atom stereocenters. The van der Waals surface area contributed by atoms with E-state index in [1.54, 1.807) is 0 Å². The van der Waals surface area contributed by atoms with Crippen molar-refractivity contribution >= 4 is 0 Å². The molecule has 0 aromatic heterocycles. The van der Waals surface area contributed by atoms with Gasteiger partial charge in [-0.25, -0.2) is 0 Å². The van der Waals surface area contributed by atoms with Crippen LogP contribution in [0.2, 0.25) is 0 Å². The topological polar surface area (TPSA) is 47.3 Å². The normalized spacial score (nSPS) is 17.1. The summed E-state index contributed by atoms with van der Waals surface area (Å²) in [6.07, 6.45) is 8.20. The molecule has 0 amide bonds. The lowest BCUT2D eigenvalue weighted by Crippen LogP contribution is -2.27. The van der Waals surface area contributed by atoms with Crippen LogP contribution in [0.5, 0.6) is 5.75 Å². The van der Waals surface area contributed by atoms with Gasteiger partial charge in [0.05, 0.1) is 0 Å². The van der Waals surface area contributed by atoms with Gasteiger partial charge in [0.2, 0.25) is 0 Å². The molecule has 0 heterocycles. The third-order valence-electron chi connectivity index (χ3n) is 3.74. The molecular weight excluding hydrogens is 236 g/mol. The van der Waals surface area contributed by atoms with Gasteiger partial charge < -0.3 is 15.8 Å². The second-order valence-corrected chi connectivity index (χ2v) is 5.35. The summed E-state index contributed by atoms with van der Waals surface area (Å²) in [5.41, 5.74) is 6.74. The molecule has 0 aliphatic heterocycles. The minimum Gasteiger partial charge on any atom is -0.492 e. The van der Waals surface area contributed by atoms with Crippen LogP contribution in [0.15, 0.2) is 24.3 Å². The molecule has 106 valence electrons. The van der Waals surface area contributed by atoms with Crippen molar-refractivity contribution in [3.8, 4) is 5.75 Å². The van der Waals surface area contributed by atoms with Crippen molar-refractivity contribution in [2.24, 2.45) is 5.73 Å². The Balaban J connectivity index is 1.81. The number of rotatable bonds is 6. The van der Waals surface area contributed by atoms with E-state index in [2.05, 4.69) is 23.5 Å². The molecule has 0 atom stereocenters. The summed E-state index contributed by atoms with van der Waals surface area (Å²) >= 11 is 0. The highest BCUT2D eigenvalue weighted by atomic mass is 16.5. The molecule has 3 N–H and O–H groups in total. The zero-order valence-corrected chi connectivity index (χ0v) is 11.7. The van der Waals surface area contributed by atoms with E-state index >= 15 is 0 Å². The average molecular weight is 262 g/mol. The standard InChI is InChI=1S/C16H26N2O/c17-10-11-19-16-9-5-6-14(12-16)13-18-15-7-3-1-2-4-8-15/h5-6,9,12,15,18H,1-4,7-8,10-11,13,17H2. The Hall–Kier alpha value is -1.06. The number of hydrogen-bond donors (Lipinski definition) is 2. The van der Waals surface area contributed by atoms with Gasteiger partial charge in [-0.15, -0.1) is 0 Å². The number of hydrogen-bond acceptors (Lipinski definition) is 3. The lowest BCUT2D eigenvalue weighted by atomic mass is 10.1. The highest BCUT2D eigenvalue weighted by Gasteiger charge is 2.11. The van der Waals surface area contributed by atoms with E-state index in [1.807, 2.05) is 6.07 Å². The Morgan fingerprint density at radius 2 is 1.95 bits per heavy atom. The molecule has 0 radical (unpaired) electrons. The van der Waals surface area contributed by atoms with Gasteiger partial charge in [0.25, 0.3) is 0 Å². The first-order valence-corrected chi connectivity index (χ1v) is 7.53. The first-order chi connectivity index (χ1) is 9.38. The molecular formula is C16H26N2O. The Kier molecular flexibility index (Phi) is 6.18. The minimum atomic E-state index is 0.560. The predicted octanol–water partition coefficient (Wildman–Crippen LogP) is 2.84. The quantitative estimate of drug-likeness (QED) is 0.775. The number of nitrogens with one attached hydrogen (secondary N) is 1. The molecule has 1 aromatic carbocycles. The first kappa shape index (κ1) is 14.4. The van der Waals surface area contributed by atoms with Gasteiger partial charge in [0, 0.05) is 19.1 Å². The van der Waals surface area contributed by atoms with Gasteiger partial charge in [0.15, 0.2) is 0 Å². The Labute approximate surface area is 116 Å². The lowest BCUT2D eigenvalue weighted by molar-refractivity contribution is 0.328. The largest absolute Gasteiger partial charge is 0.492 e. The molecule has 1 fully saturated rings.